The lowest BCUT2D eigenvalue weighted by Crippen LogP contribution is -2.41. The van der Waals surface area contributed by atoms with E-state index in [-0.39, 0.29) is 30.0 Å². The van der Waals surface area contributed by atoms with Crippen molar-refractivity contribution in [2.75, 3.05) is 12.4 Å². The first-order valence-electron chi connectivity index (χ1n) is 6.59. The van der Waals surface area contributed by atoms with Crippen molar-refractivity contribution in [2.45, 2.75) is 25.3 Å². The Labute approximate surface area is 126 Å². The summed E-state index contributed by atoms with van der Waals surface area (Å²) in [6, 6.07) is 3.01. The zero-order chi connectivity index (χ0) is 15.4. The van der Waals surface area contributed by atoms with E-state index in [0.29, 0.717) is 5.02 Å². The van der Waals surface area contributed by atoms with Crippen molar-refractivity contribution in [1.82, 2.24) is 5.32 Å². The molecule has 0 aliphatic heterocycles. The van der Waals surface area contributed by atoms with Crippen LogP contribution in [0.25, 0.3) is 0 Å². The second-order valence-corrected chi connectivity index (χ2v) is 5.38. The molecule has 2 N–H and O–H groups in total. The van der Waals surface area contributed by atoms with Crippen LogP contribution in [-0.4, -0.2) is 25.2 Å². The van der Waals surface area contributed by atoms with E-state index in [9.17, 15) is 14.0 Å². The predicted octanol–water partition coefficient (Wildman–Crippen LogP) is 2.94. The van der Waals surface area contributed by atoms with Crippen LogP contribution in [0.1, 0.15) is 19.3 Å². The number of carbonyl (C=O) groups is 2. The topological polar surface area (TPSA) is 67.4 Å². The van der Waals surface area contributed by atoms with Crippen molar-refractivity contribution in [3.63, 3.8) is 0 Å². The van der Waals surface area contributed by atoms with Crippen LogP contribution in [0.15, 0.2) is 18.2 Å². The molecule has 0 aromatic heterocycles. The SMILES string of the molecule is COC(=O)C[C@H](NC(=O)Nc1cc(Cl)ccc1F)C1CC1. The van der Waals surface area contributed by atoms with Crippen molar-refractivity contribution in [1.29, 1.82) is 0 Å². The number of rotatable bonds is 5. The Bertz CT molecular complexity index is 549. The van der Waals surface area contributed by atoms with Gasteiger partial charge in [-0.3, -0.25) is 4.79 Å². The van der Waals surface area contributed by atoms with Gasteiger partial charge in [0, 0.05) is 11.1 Å². The summed E-state index contributed by atoms with van der Waals surface area (Å²) in [4.78, 5) is 23.2. The number of ether oxygens (including phenoxy) is 1. The van der Waals surface area contributed by atoms with Gasteiger partial charge in [0.25, 0.3) is 0 Å². The minimum atomic E-state index is -0.578. The molecule has 0 unspecified atom stereocenters. The number of benzene rings is 1. The van der Waals surface area contributed by atoms with Gasteiger partial charge in [0.1, 0.15) is 5.82 Å². The number of methoxy groups -OCH3 is 1. The summed E-state index contributed by atoms with van der Waals surface area (Å²) >= 11 is 5.75. The molecule has 1 aromatic rings. The van der Waals surface area contributed by atoms with E-state index in [1.807, 2.05) is 0 Å². The molecule has 0 saturated heterocycles. The second kappa shape index (κ2) is 6.76. The zero-order valence-corrected chi connectivity index (χ0v) is 12.2. The minimum Gasteiger partial charge on any atom is -0.469 e. The molecular weight excluding hydrogens is 299 g/mol. The first kappa shape index (κ1) is 15.6. The van der Waals surface area contributed by atoms with Crippen LogP contribution in [0.5, 0.6) is 0 Å². The highest BCUT2D eigenvalue weighted by molar-refractivity contribution is 6.30. The summed E-state index contributed by atoms with van der Waals surface area (Å²) in [6.45, 7) is 0. The molecule has 1 aliphatic carbocycles. The van der Waals surface area contributed by atoms with Crippen LogP contribution >= 0.6 is 11.6 Å². The predicted molar refractivity (Wildman–Crippen MR) is 76.7 cm³/mol. The van der Waals surface area contributed by atoms with Crippen LogP contribution in [0, 0.1) is 11.7 Å². The molecular formula is C14H16ClFN2O3. The summed E-state index contributed by atoms with van der Waals surface area (Å²) in [5, 5.41) is 5.39. The van der Waals surface area contributed by atoms with E-state index >= 15 is 0 Å². The highest BCUT2D eigenvalue weighted by Crippen LogP contribution is 2.34. The van der Waals surface area contributed by atoms with Gasteiger partial charge in [-0.2, -0.15) is 0 Å². The average molecular weight is 315 g/mol. The highest BCUT2D eigenvalue weighted by Gasteiger charge is 2.34. The Kier molecular flexibility index (Phi) is 5.01. The number of esters is 1. The van der Waals surface area contributed by atoms with Gasteiger partial charge in [-0.25, -0.2) is 9.18 Å². The Morgan fingerprint density at radius 2 is 2.19 bits per heavy atom. The van der Waals surface area contributed by atoms with Crippen LogP contribution in [0.2, 0.25) is 5.02 Å². The summed E-state index contributed by atoms with van der Waals surface area (Å²) in [5.74, 6) is -0.703. The molecule has 21 heavy (non-hydrogen) atoms. The van der Waals surface area contributed by atoms with Gasteiger partial charge < -0.3 is 15.4 Å². The zero-order valence-electron chi connectivity index (χ0n) is 11.5. The lowest BCUT2D eigenvalue weighted by Gasteiger charge is -2.17. The third kappa shape index (κ3) is 4.60. The van der Waals surface area contributed by atoms with E-state index in [2.05, 4.69) is 15.4 Å². The van der Waals surface area contributed by atoms with Gasteiger partial charge in [0.2, 0.25) is 0 Å². The number of amides is 2. The third-order valence-electron chi connectivity index (χ3n) is 3.30. The first-order chi connectivity index (χ1) is 9.99. The summed E-state index contributed by atoms with van der Waals surface area (Å²) in [5.41, 5.74) is -0.00684. The van der Waals surface area contributed by atoms with Gasteiger partial charge in [-0.1, -0.05) is 11.6 Å². The maximum atomic E-state index is 13.5. The Balaban J connectivity index is 1.95. The third-order valence-corrected chi connectivity index (χ3v) is 3.53. The van der Waals surface area contributed by atoms with Crippen LogP contribution in [0.4, 0.5) is 14.9 Å². The molecule has 7 heteroatoms. The quantitative estimate of drug-likeness (QED) is 0.821. The van der Waals surface area contributed by atoms with E-state index in [1.165, 1.54) is 25.3 Å². The molecule has 0 spiro atoms. The number of hydrogen-bond donors (Lipinski definition) is 2. The Morgan fingerprint density at radius 1 is 1.48 bits per heavy atom. The van der Waals surface area contributed by atoms with Crippen LogP contribution in [0.3, 0.4) is 0 Å². The van der Waals surface area contributed by atoms with E-state index < -0.39 is 11.8 Å². The van der Waals surface area contributed by atoms with Crippen molar-refractivity contribution in [2.24, 2.45) is 5.92 Å². The Hall–Kier alpha value is -1.82. The largest absolute Gasteiger partial charge is 0.469 e. The van der Waals surface area contributed by atoms with E-state index in [4.69, 9.17) is 11.6 Å². The lowest BCUT2D eigenvalue weighted by molar-refractivity contribution is -0.141. The standard InChI is InChI=1S/C14H16ClFN2O3/c1-21-13(19)7-11(8-2-3-8)17-14(20)18-12-6-9(15)4-5-10(12)16/h4-6,8,11H,2-3,7H2,1H3,(H2,17,18,20)/t11-/m0/s1. The van der Waals surface area contributed by atoms with Gasteiger partial charge in [0.05, 0.1) is 19.2 Å². The fourth-order valence-corrected chi connectivity index (χ4v) is 2.19. The fourth-order valence-electron chi connectivity index (χ4n) is 2.02. The van der Waals surface area contributed by atoms with Gasteiger partial charge in [-0.15, -0.1) is 0 Å². The molecule has 0 radical (unpaired) electrons. The van der Waals surface area contributed by atoms with Crippen molar-refractivity contribution in [3.8, 4) is 0 Å². The highest BCUT2D eigenvalue weighted by atomic mass is 35.5. The lowest BCUT2D eigenvalue weighted by atomic mass is 10.1. The van der Waals surface area contributed by atoms with Crippen molar-refractivity contribution < 1.29 is 18.7 Å². The Morgan fingerprint density at radius 3 is 2.81 bits per heavy atom. The molecule has 1 atom stereocenters. The molecule has 0 heterocycles. The maximum Gasteiger partial charge on any atom is 0.319 e. The molecule has 2 rings (SSSR count). The number of carbonyl (C=O) groups excluding carboxylic acids is 2. The molecule has 5 nitrogen and oxygen atoms in total. The first-order valence-corrected chi connectivity index (χ1v) is 6.96. The average Bonchev–Trinajstić information content (AvgIpc) is 3.26. The normalized spacial score (nSPS) is 15.2. The monoisotopic (exact) mass is 314 g/mol. The fraction of sp³-hybridized carbons (Fsp3) is 0.429. The van der Waals surface area contributed by atoms with Gasteiger partial charge in [-0.05, 0) is 37.0 Å². The number of anilines is 1. The van der Waals surface area contributed by atoms with Gasteiger partial charge >= 0.3 is 12.0 Å². The smallest absolute Gasteiger partial charge is 0.319 e. The van der Waals surface area contributed by atoms with Crippen LogP contribution in [-0.2, 0) is 9.53 Å². The molecule has 114 valence electrons. The second-order valence-electron chi connectivity index (χ2n) is 4.95. The summed E-state index contributed by atoms with van der Waals surface area (Å²) in [7, 11) is 1.30. The number of halogens is 2. The molecule has 1 fully saturated rings. The van der Waals surface area contributed by atoms with Crippen molar-refractivity contribution in [3.05, 3.63) is 29.0 Å². The summed E-state index contributed by atoms with van der Waals surface area (Å²) < 4.78 is 18.1. The number of nitrogens with one attached hydrogen (secondary N) is 2. The van der Waals surface area contributed by atoms with Gasteiger partial charge in [0.15, 0.2) is 0 Å². The molecule has 2 amide bonds. The number of urea groups is 1. The van der Waals surface area contributed by atoms with E-state index in [1.54, 1.807) is 0 Å². The minimum absolute atomic E-state index is 0.00684. The van der Waals surface area contributed by atoms with Crippen LogP contribution < -0.4 is 10.6 Å². The van der Waals surface area contributed by atoms with Crippen molar-refractivity contribution >= 4 is 29.3 Å². The van der Waals surface area contributed by atoms with E-state index in [0.717, 1.165) is 12.8 Å². The maximum absolute atomic E-state index is 13.5. The molecule has 1 aliphatic rings. The molecule has 1 aromatic carbocycles. The summed E-state index contributed by atoms with van der Waals surface area (Å²) in [6.07, 6.45) is 2.01. The number of hydrogen-bond acceptors (Lipinski definition) is 3. The molecule has 0 bridgehead atoms. The molecule has 1 saturated carbocycles.